The van der Waals surface area contributed by atoms with Gasteiger partial charge in [0.25, 0.3) is 11.5 Å². The normalized spacial score (nSPS) is 12.4. The second-order valence-electron chi connectivity index (χ2n) is 6.49. The maximum Gasteiger partial charge on any atom is 0.291 e. The number of amides is 1. The molecule has 6 nitrogen and oxygen atoms in total. The highest BCUT2D eigenvalue weighted by molar-refractivity contribution is 6.09. The van der Waals surface area contributed by atoms with Gasteiger partial charge in [0.1, 0.15) is 5.58 Å². The summed E-state index contributed by atoms with van der Waals surface area (Å²) in [4.78, 5) is 25.2. The van der Waals surface area contributed by atoms with Crippen LogP contribution in [0.4, 0.5) is 5.69 Å². The molecule has 4 aromatic rings. The lowest BCUT2D eigenvalue weighted by Gasteiger charge is -2.11. The minimum absolute atomic E-state index is 0.204. The first-order chi connectivity index (χ1) is 13.0. The van der Waals surface area contributed by atoms with Crippen LogP contribution in [0, 0.1) is 0 Å². The van der Waals surface area contributed by atoms with Crippen LogP contribution in [0.3, 0.4) is 0 Å². The summed E-state index contributed by atoms with van der Waals surface area (Å²) in [5.74, 6) is -0.178. The van der Waals surface area contributed by atoms with Crippen LogP contribution < -0.4 is 10.9 Å². The number of benzene rings is 2. The topological polar surface area (TPSA) is 84.5 Å². The van der Waals surface area contributed by atoms with Crippen LogP contribution >= 0.6 is 0 Å². The summed E-state index contributed by atoms with van der Waals surface area (Å²) in [6, 6.07) is 16.0. The van der Waals surface area contributed by atoms with Gasteiger partial charge in [0.15, 0.2) is 5.76 Å². The van der Waals surface area contributed by atoms with Gasteiger partial charge in [-0.3, -0.25) is 9.59 Å². The third kappa shape index (κ3) is 3.22. The van der Waals surface area contributed by atoms with E-state index in [4.69, 9.17) is 4.42 Å². The first kappa shape index (κ1) is 17.1. The van der Waals surface area contributed by atoms with Gasteiger partial charge >= 0.3 is 0 Å². The maximum absolute atomic E-state index is 12.6. The molecule has 27 heavy (non-hydrogen) atoms. The molecule has 2 heterocycles. The average molecular weight is 362 g/mol. The van der Waals surface area contributed by atoms with Crippen molar-refractivity contribution in [2.45, 2.75) is 19.6 Å². The van der Waals surface area contributed by atoms with Gasteiger partial charge in [-0.2, -0.15) is 0 Å². The summed E-state index contributed by atoms with van der Waals surface area (Å²) in [6.45, 7) is 1.84. The number of aliphatic hydroxyl groups is 1. The molecule has 136 valence electrons. The number of nitrogens with one attached hydrogen (secondary N) is 1. The third-order valence-electron chi connectivity index (χ3n) is 4.38. The van der Waals surface area contributed by atoms with Gasteiger partial charge in [0.2, 0.25) is 0 Å². The second kappa shape index (κ2) is 6.74. The number of fused-ring (bicyclic) bond motifs is 2. The van der Waals surface area contributed by atoms with Crippen molar-refractivity contribution >= 4 is 33.3 Å². The van der Waals surface area contributed by atoms with Crippen molar-refractivity contribution in [1.29, 1.82) is 0 Å². The zero-order valence-corrected chi connectivity index (χ0v) is 14.7. The molecule has 4 rings (SSSR count). The molecule has 2 aromatic heterocycles. The standard InChI is InChI=1S/C21H18N2O4/c1-13(24)12-23-10-9-15-16(21(23)26)6-4-7-17(15)22-20(25)19-11-14-5-2-3-8-18(14)27-19/h2-11,13,24H,12H2,1H3,(H,22,25). The molecule has 0 aliphatic carbocycles. The molecule has 0 saturated heterocycles. The number of furan rings is 1. The van der Waals surface area contributed by atoms with Crippen LogP contribution in [0.15, 0.2) is 70.0 Å². The van der Waals surface area contributed by atoms with Crippen LogP contribution in [0.25, 0.3) is 21.7 Å². The molecule has 1 unspecified atom stereocenters. The molecule has 2 aromatic carbocycles. The monoisotopic (exact) mass is 362 g/mol. The number of aromatic nitrogens is 1. The Morgan fingerprint density at radius 2 is 1.96 bits per heavy atom. The van der Waals surface area contributed by atoms with Crippen molar-refractivity contribution in [3.05, 3.63) is 76.9 Å². The molecule has 2 N–H and O–H groups in total. The van der Waals surface area contributed by atoms with Crippen molar-refractivity contribution in [1.82, 2.24) is 4.57 Å². The fraction of sp³-hybridized carbons (Fsp3) is 0.143. The van der Waals surface area contributed by atoms with E-state index in [9.17, 15) is 14.7 Å². The number of aliphatic hydroxyl groups excluding tert-OH is 1. The Hall–Kier alpha value is -3.38. The number of nitrogens with zero attached hydrogens (tertiary/aromatic N) is 1. The van der Waals surface area contributed by atoms with E-state index in [1.165, 1.54) is 4.57 Å². The van der Waals surface area contributed by atoms with Crippen molar-refractivity contribution in [2.75, 3.05) is 5.32 Å². The van der Waals surface area contributed by atoms with Crippen LogP contribution in [-0.2, 0) is 6.54 Å². The Morgan fingerprint density at radius 3 is 2.74 bits per heavy atom. The largest absolute Gasteiger partial charge is 0.451 e. The molecule has 6 heteroatoms. The molecule has 1 atom stereocenters. The highest BCUT2D eigenvalue weighted by atomic mass is 16.3. The van der Waals surface area contributed by atoms with Crippen LogP contribution in [0.2, 0.25) is 0 Å². The summed E-state index contributed by atoms with van der Waals surface area (Å²) in [7, 11) is 0. The number of anilines is 1. The summed E-state index contributed by atoms with van der Waals surface area (Å²) in [6.07, 6.45) is 0.991. The molecule has 0 fully saturated rings. The van der Waals surface area contributed by atoms with Gasteiger partial charge in [-0.1, -0.05) is 24.3 Å². The number of hydrogen-bond acceptors (Lipinski definition) is 4. The number of rotatable bonds is 4. The predicted octanol–water partition coefficient (Wildman–Crippen LogP) is 3.38. The van der Waals surface area contributed by atoms with E-state index in [1.54, 1.807) is 49.5 Å². The van der Waals surface area contributed by atoms with Gasteiger partial charge in [-0.05, 0) is 37.3 Å². The number of carbonyl (C=O) groups is 1. The van der Waals surface area contributed by atoms with Gasteiger partial charge in [-0.25, -0.2) is 0 Å². The van der Waals surface area contributed by atoms with E-state index in [0.29, 0.717) is 22.0 Å². The van der Waals surface area contributed by atoms with E-state index < -0.39 is 6.10 Å². The van der Waals surface area contributed by atoms with Crippen LogP contribution in [-0.4, -0.2) is 21.7 Å². The van der Waals surface area contributed by atoms with E-state index in [-0.39, 0.29) is 23.8 Å². The van der Waals surface area contributed by atoms with Crippen LogP contribution in [0.1, 0.15) is 17.5 Å². The van der Waals surface area contributed by atoms with Crippen molar-refractivity contribution < 1.29 is 14.3 Å². The molecular formula is C21H18N2O4. The average Bonchev–Trinajstić information content (AvgIpc) is 3.08. The third-order valence-corrected chi connectivity index (χ3v) is 4.38. The fourth-order valence-electron chi connectivity index (χ4n) is 3.13. The number of pyridine rings is 1. The lowest BCUT2D eigenvalue weighted by molar-refractivity contribution is 0.0999. The van der Waals surface area contributed by atoms with Crippen molar-refractivity contribution in [3.63, 3.8) is 0 Å². The lowest BCUT2D eigenvalue weighted by atomic mass is 10.1. The summed E-state index contributed by atoms with van der Waals surface area (Å²) < 4.78 is 7.05. The first-order valence-corrected chi connectivity index (χ1v) is 8.63. The first-order valence-electron chi connectivity index (χ1n) is 8.63. The molecule has 1 amide bonds. The second-order valence-corrected chi connectivity index (χ2v) is 6.49. The van der Waals surface area contributed by atoms with Crippen molar-refractivity contribution in [3.8, 4) is 0 Å². The SMILES string of the molecule is CC(O)Cn1ccc2c(NC(=O)c3cc4ccccc4o3)cccc2c1=O. The Morgan fingerprint density at radius 1 is 1.15 bits per heavy atom. The Bertz CT molecular complexity index is 1170. The molecule has 0 bridgehead atoms. The molecular weight excluding hydrogens is 344 g/mol. The van der Waals surface area contributed by atoms with E-state index in [2.05, 4.69) is 5.32 Å². The molecule has 0 radical (unpaired) electrons. The quantitative estimate of drug-likeness (QED) is 0.583. The number of hydrogen-bond donors (Lipinski definition) is 2. The Balaban J connectivity index is 1.70. The number of carbonyl (C=O) groups excluding carboxylic acids is 1. The zero-order valence-electron chi connectivity index (χ0n) is 14.7. The van der Waals surface area contributed by atoms with Gasteiger partial charge in [-0.15, -0.1) is 0 Å². The molecule has 0 aliphatic rings. The van der Waals surface area contributed by atoms with E-state index in [0.717, 1.165) is 5.39 Å². The van der Waals surface area contributed by atoms with E-state index >= 15 is 0 Å². The van der Waals surface area contributed by atoms with E-state index in [1.807, 2.05) is 18.2 Å². The minimum Gasteiger partial charge on any atom is -0.451 e. The zero-order chi connectivity index (χ0) is 19.0. The molecule has 0 aliphatic heterocycles. The maximum atomic E-state index is 12.6. The minimum atomic E-state index is -0.629. The molecule has 0 spiro atoms. The van der Waals surface area contributed by atoms with Gasteiger partial charge < -0.3 is 19.4 Å². The Labute approximate surface area is 154 Å². The van der Waals surface area contributed by atoms with Crippen LogP contribution in [0.5, 0.6) is 0 Å². The highest BCUT2D eigenvalue weighted by Gasteiger charge is 2.15. The fourth-order valence-corrected chi connectivity index (χ4v) is 3.13. The van der Waals surface area contributed by atoms with Crippen molar-refractivity contribution in [2.24, 2.45) is 0 Å². The number of para-hydroxylation sites is 1. The smallest absolute Gasteiger partial charge is 0.291 e. The predicted molar refractivity (Wildman–Crippen MR) is 104 cm³/mol. The molecule has 0 saturated carbocycles. The lowest BCUT2D eigenvalue weighted by Crippen LogP contribution is -2.25. The Kier molecular flexibility index (Phi) is 4.25. The summed E-state index contributed by atoms with van der Waals surface area (Å²) >= 11 is 0. The van der Waals surface area contributed by atoms with Gasteiger partial charge in [0, 0.05) is 28.0 Å². The van der Waals surface area contributed by atoms with Gasteiger partial charge in [0.05, 0.1) is 12.6 Å². The summed E-state index contributed by atoms with van der Waals surface area (Å²) in [5, 5.41) is 14.3. The highest BCUT2D eigenvalue weighted by Crippen LogP contribution is 2.23. The summed E-state index contributed by atoms with van der Waals surface area (Å²) in [5.41, 5.74) is 0.953.